The first-order valence-electron chi connectivity index (χ1n) is 5.43. The minimum Gasteiger partial charge on any atom is -0.396 e. The molecule has 0 aromatic heterocycles. The van der Waals surface area contributed by atoms with E-state index in [4.69, 9.17) is 0 Å². The number of aliphatic hydroxyl groups is 1. The summed E-state index contributed by atoms with van der Waals surface area (Å²) in [6.07, 6.45) is 9.75. The third-order valence-electron chi connectivity index (χ3n) is 3.19. The molecular formula is C12H22O. The van der Waals surface area contributed by atoms with Crippen molar-refractivity contribution in [3.8, 4) is 0 Å². The molecule has 0 bridgehead atoms. The molecule has 0 aromatic carbocycles. The van der Waals surface area contributed by atoms with E-state index in [1.54, 1.807) is 0 Å². The molecular weight excluding hydrogens is 160 g/mol. The Kier molecular flexibility index (Phi) is 3.98. The van der Waals surface area contributed by atoms with Gasteiger partial charge in [0.1, 0.15) is 0 Å². The Morgan fingerprint density at radius 1 is 1.23 bits per heavy atom. The van der Waals surface area contributed by atoms with Crippen LogP contribution in [0.2, 0.25) is 0 Å². The van der Waals surface area contributed by atoms with Crippen molar-refractivity contribution >= 4 is 0 Å². The summed E-state index contributed by atoms with van der Waals surface area (Å²) in [5.41, 5.74) is 1.61. The van der Waals surface area contributed by atoms with E-state index in [0.29, 0.717) is 6.61 Å². The van der Waals surface area contributed by atoms with Crippen molar-refractivity contribution in [3.63, 3.8) is 0 Å². The van der Waals surface area contributed by atoms with E-state index in [-0.39, 0.29) is 5.41 Å². The topological polar surface area (TPSA) is 20.2 Å². The quantitative estimate of drug-likeness (QED) is 0.664. The van der Waals surface area contributed by atoms with Gasteiger partial charge in [-0.1, -0.05) is 30.9 Å². The van der Waals surface area contributed by atoms with Crippen LogP contribution in [0.4, 0.5) is 0 Å². The number of allylic oxidation sites excluding steroid dienone is 2. The van der Waals surface area contributed by atoms with Crippen molar-refractivity contribution in [3.05, 3.63) is 11.6 Å². The number of aliphatic hydroxyl groups excluding tert-OH is 1. The molecule has 0 aromatic rings. The molecule has 13 heavy (non-hydrogen) atoms. The SMILES string of the molecule is CC(C)=CCC1(CO)CCCCC1. The summed E-state index contributed by atoms with van der Waals surface area (Å²) in [6, 6.07) is 0. The summed E-state index contributed by atoms with van der Waals surface area (Å²) in [5.74, 6) is 0. The van der Waals surface area contributed by atoms with Crippen LogP contribution in [0.1, 0.15) is 52.4 Å². The van der Waals surface area contributed by atoms with E-state index in [2.05, 4.69) is 19.9 Å². The molecule has 1 fully saturated rings. The zero-order valence-electron chi connectivity index (χ0n) is 8.97. The van der Waals surface area contributed by atoms with Crippen molar-refractivity contribution < 1.29 is 5.11 Å². The van der Waals surface area contributed by atoms with Gasteiger partial charge in [-0.2, -0.15) is 0 Å². The van der Waals surface area contributed by atoms with Gasteiger partial charge in [-0.15, -0.1) is 0 Å². The fraction of sp³-hybridized carbons (Fsp3) is 0.833. The molecule has 0 atom stereocenters. The van der Waals surface area contributed by atoms with Crippen molar-refractivity contribution in [2.45, 2.75) is 52.4 Å². The lowest BCUT2D eigenvalue weighted by Crippen LogP contribution is -2.27. The van der Waals surface area contributed by atoms with Gasteiger partial charge in [0.15, 0.2) is 0 Å². The molecule has 0 heterocycles. The normalized spacial score (nSPS) is 21.2. The number of rotatable bonds is 3. The lowest BCUT2D eigenvalue weighted by molar-refractivity contribution is 0.0848. The molecule has 0 unspecified atom stereocenters. The Morgan fingerprint density at radius 3 is 2.31 bits per heavy atom. The Labute approximate surface area is 81.9 Å². The van der Waals surface area contributed by atoms with Crippen LogP contribution in [0.25, 0.3) is 0 Å². The van der Waals surface area contributed by atoms with E-state index in [1.165, 1.54) is 37.7 Å². The van der Waals surface area contributed by atoms with Crippen LogP contribution in [0, 0.1) is 5.41 Å². The van der Waals surface area contributed by atoms with Gasteiger partial charge < -0.3 is 5.11 Å². The highest BCUT2D eigenvalue weighted by atomic mass is 16.3. The number of hydrogen-bond donors (Lipinski definition) is 1. The second kappa shape index (κ2) is 4.80. The molecule has 1 saturated carbocycles. The molecule has 0 saturated heterocycles. The Bertz CT molecular complexity index is 172. The molecule has 1 N–H and O–H groups in total. The highest BCUT2D eigenvalue weighted by Gasteiger charge is 2.29. The van der Waals surface area contributed by atoms with E-state index >= 15 is 0 Å². The monoisotopic (exact) mass is 182 g/mol. The predicted octanol–water partition coefficient (Wildman–Crippen LogP) is 3.29. The molecule has 76 valence electrons. The van der Waals surface area contributed by atoms with E-state index in [1.807, 2.05) is 0 Å². The van der Waals surface area contributed by atoms with Crippen LogP contribution in [0.15, 0.2) is 11.6 Å². The summed E-state index contributed by atoms with van der Waals surface area (Å²) < 4.78 is 0. The molecule has 1 aliphatic carbocycles. The van der Waals surface area contributed by atoms with Gasteiger partial charge in [0.2, 0.25) is 0 Å². The molecule has 0 radical (unpaired) electrons. The zero-order valence-corrected chi connectivity index (χ0v) is 8.97. The molecule has 1 rings (SSSR count). The van der Waals surface area contributed by atoms with Gasteiger partial charge in [0.25, 0.3) is 0 Å². The third-order valence-corrected chi connectivity index (χ3v) is 3.19. The van der Waals surface area contributed by atoms with E-state index in [0.717, 1.165) is 6.42 Å². The first-order chi connectivity index (χ1) is 6.18. The summed E-state index contributed by atoms with van der Waals surface area (Å²) in [5, 5.41) is 9.43. The van der Waals surface area contributed by atoms with E-state index < -0.39 is 0 Å². The highest BCUT2D eigenvalue weighted by molar-refractivity contribution is 4.98. The Morgan fingerprint density at radius 2 is 1.85 bits per heavy atom. The largest absolute Gasteiger partial charge is 0.396 e. The van der Waals surface area contributed by atoms with Crippen molar-refractivity contribution in [2.24, 2.45) is 5.41 Å². The van der Waals surface area contributed by atoms with Crippen LogP contribution in [0.5, 0.6) is 0 Å². The van der Waals surface area contributed by atoms with Crippen LogP contribution in [0.3, 0.4) is 0 Å². The smallest absolute Gasteiger partial charge is 0.0490 e. The van der Waals surface area contributed by atoms with Gasteiger partial charge in [-0.05, 0) is 38.5 Å². The zero-order chi connectivity index (χ0) is 9.73. The summed E-state index contributed by atoms with van der Waals surface area (Å²) >= 11 is 0. The van der Waals surface area contributed by atoms with Crippen LogP contribution in [-0.4, -0.2) is 11.7 Å². The molecule has 0 spiro atoms. The number of hydrogen-bond acceptors (Lipinski definition) is 1. The third kappa shape index (κ3) is 3.15. The van der Waals surface area contributed by atoms with Crippen molar-refractivity contribution in [1.29, 1.82) is 0 Å². The molecule has 1 heteroatoms. The minimum absolute atomic E-state index is 0.232. The fourth-order valence-electron chi connectivity index (χ4n) is 2.15. The average Bonchev–Trinajstić information content (AvgIpc) is 2.16. The first kappa shape index (κ1) is 10.8. The fourth-order valence-corrected chi connectivity index (χ4v) is 2.15. The lowest BCUT2D eigenvalue weighted by Gasteiger charge is -2.34. The maximum atomic E-state index is 9.43. The summed E-state index contributed by atoms with van der Waals surface area (Å²) in [7, 11) is 0. The average molecular weight is 182 g/mol. The van der Waals surface area contributed by atoms with Crippen LogP contribution in [-0.2, 0) is 0 Å². The van der Waals surface area contributed by atoms with Crippen molar-refractivity contribution in [1.82, 2.24) is 0 Å². The maximum Gasteiger partial charge on any atom is 0.0490 e. The minimum atomic E-state index is 0.232. The molecule has 0 amide bonds. The second-order valence-electron chi connectivity index (χ2n) is 4.70. The van der Waals surface area contributed by atoms with Gasteiger partial charge in [0.05, 0.1) is 0 Å². The maximum absolute atomic E-state index is 9.43. The van der Waals surface area contributed by atoms with Crippen molar-refractivity contribution in [2.75, 3.05) is 6.61 Å². The first-order valence-corrected chi connectivity index (χ1v) is 5.43. The Hall–Kier alpha value is -0.300. The predicted molar refractivity (Wildman–Crippen MR) is 56.7 cm³/mol. The molecule has 1 nitrogen and oxygen atoms in total. The van der Waals surface area contributed by atoms with Gasteiger partial charge in [-0.3, -0.25) is 0 Å². The highest BCUT2D eigenvalue weighted by Crippen LogP contribution is 2.39. The van der Waals surface area contributed by atoms with Crippen LogP contribution < -0.4 is 0 Å². The lowest BCUT2D eigenvalue weighted by atomic mass is 9.72. The van der Waals surface area contributed by atoms with E-state index in [9.17, 15) is 5.11 Å². The van der Waals surface area contributed by atoms with Gasteiger partial charge in [0, 0.05) is 6.61 Å². The second-order valence-corrected chi connectivity index (χ2v) is 4.70. The van der Waals surface area contributed by atoms with Gasteiger partial charge in [-0.25, -0.2) is 0 Å². The standard InChI is InChI=1S/C12H22O/c1-11(2)6-9-12(10-13)7-4-3-5-8-12/h6,13H,3-5,7-10H2,1-2H3. The van der Waals surface area contributed by atoms with Gasteiger partial charge >= 0.3 is 0 Å². The molecule has 0 aliphatic heterocycles. The molecule has 1 aliphatic rings. The van der Waals surface area contributed by atoms with Crippen LogP contribution >= 0.6 is 0 Å². The summed E-state index contributed by atoms with van der Waals surface area (Å²) in [4.78, 5) is 0. The Balaban J connectivity index is 2.52. The summed E-state index contributed by atoms with van der Waals surface area (Å²) in [6.45, 7) is 4.64.